The Balaban J connectivity index is 1.62. The van der Waals surface area contributed by atoms with Crippen molar-refractivity contribution in [1.29, 1.82) is 0 Å². The van der Waals surface area contributed by atoms with Crippen LogP contribution in [0, 0.1) is 23.7 Å². The van der Waals surface area contributed by atoms with Crippen molar-refractivity contribution in [2.75, 3.05) is 31.4 Å². The number of rotatable bonds is 23. The molecular formula is C49H71N7O9S. The van der Waals surface area contributed by atoms with Crippen molar-refractivity contribution in [2.45, 2.75) is 137 Å². The predicted molar refractivity (Wildman–Crippen MR) is 255 cm³/mol. The van der Waals surface area contributed by atoms with E-state index in [1.54, 1.807) is 60.8 Å². The Bertz CT molecular complexity index is 2080. The zero-order valence-electron chi connectivity index (χ0n) is 40.0. The number of hydrogen-bond donors (Lipinski definition) is 5. The maximum absolute atomic E-state index is 14.9. The first-order chi connectivity index (χ1) is 31.3. The van der Waals surface area contributed by atoms with Gasteiger partial charge in [-0.15, -0.1) is 11.3 Å². The molecule has 1 saturated heterocycles. The van der Waals surface area contributed by atoms with E-state index >= 15 is 0 Å². The van der Waals surface area contributed by atoms with E-state index < -0.39 is 60.6 Å². The van der Waals surface area contributed by atoms with Crippen LogP contribution in [0.5, 0.6) is 5.75 Å². The smallest absolute Gasteiger partial charge is 0.307 e. The van der Waals surface area contributed by atoms with Crippen molar-refractivity contribution in [3.8, 4) is 5.75 Å². The van der Waals surface area contributed by atoms with Gasteiger partial charge in [0.15, 0.2) is 12.8 Å². The van der Waals surface area contributed by atoms with E-state index in [0.29, 0.717) is 35.6 Å². The van der Waals surface area contributed by atoms with E-state index in [0.717, 1.165) is 36.3 Å². The number of carbonyl (C=O) groups is 6. The third kappa shape index (κ3) is 16.1. The number of likely N-dealkylation sites (N-methyl/N-ethyl adjacent to an activating group) is 1. The fourth-order valence-corrected chi connectivity index (χ4v) is 8.87. The number of ether oxygens (including phenoxy) is 2. The molecule has 362 valence electrons. The number of benzene rings is 2. The SMILES string of the molecule is CCC(C)C(NC(=O)C1CCCCN1C)C(=O)N(COC(=O)CC(C)C)C(CC(OC(C)=O)c1nc(C(=O)NC(Cc2ccc(O)cc2)CC(C)C(=O)Nc2ccc(N)cc2)cs1)C(C)C. The third-order valence-corrected chi connectivity index (χ3v) is 13.0. The second kappa shape index (κ2) is 25.4. The topological polar surface area (TPSA) is 223 Å². The summed E-state index contributed by atoms with van der Waals surface area (Å²) in [6.45, 7) is 14.9. The van der Waals surface area contributed by atoms with Crippen LogP contribution in [0.25, 0.3) is 0 Å². The summed E-state index contributed by atoms with van der Waals surface area (Å²) in [7, 11) is 1.91. The number of hydrogen-bond acceptors (Lipinski definition) is 13. The highest BCUT2D eigenvalue weighted by Gasteiger charge is 2.39. The third-order valence-electron chi connectivity index (χ3n) is 12.1. The zero-order valence-corrected chi connectivity index (χ0v) is 40.8. The Morgan fingerprint density at radius 1 is 0.955 bits per heavy atom. The molecule has 0 spiro atoms. The highest BCUT2D eigenvalue weighted by molar-refractivity contribution is 7.09. The number of piperidine rings is 1. The number of nitrogen functional groups attached to an aromatic ring is 1. The van der Waals surface area contributed by atoms with Gasteiger partial charge >= 0.3 is 11.9 Å². The van der Waals surface area contributed by atoms with E-state index in [1.807, 2.05) is 53.5 Å². The molecule has 7 unspecified atom stereocenters. The maximum atomic E-state index is 14.9. The number of nitrogens with two attached hydrogens (primary N) is 1. The van der Waals surface area contributed by atoms with Gasteiger partial charge in [0.2, 0.25) is 17.7 Å². The summed E-state index contributed by atoms with van der Waals surface area (Å²) in [6, 6.07) is 10.9. The molecule has 0 aliphatic carbocycles. The first-order valence-corrected chi connectivity index (χ1v) is 24.0. The van der Waals surface area contributed by atoms with Gasteiger partial charge in [-0.3, -0.25) is 33.7 Å². The summed E-state index contributed by atoms with van der Waals surface area (Å²) in [5.74, 6) is -3.48. The number of carbonyl (C=O) groups excluding carboxylic acids is 6. The van der Waals surface area contributed by atoms with Crippen molar-refractivity contribution < 1.29 is 43.3 Å². The van der Waals surface area contributed by atoms with Crippen molar-refractivity contribution in [3.05, 3.63) is 70.2 Å². The molecule has 17 heteroatoms. The monoisotopic (exact) mass is 934 g/mol. The number of nitrogens with zero attached hydrogens (tertiary/aromatic N) is 3. The molecule has 16 nitrogen and oxygen atoms in total. The molecule has 0 saturated carbocycles. The molecule has 3 aromatic rings. The Kier molecular flexibility index (Phi) is 20.4. The van der Waals surface area contributed by atoms with Crippen molar-refractivity contribution in [2.24, 2.45) is 23.7 Å². The number of esters is 2. The van der Waals surface area contributed by atoms with Crippen LogP contribution < -0.4 is 21.7 Å². The van der Waals surface area contributed by atoms with E-state index in [1.165, 1.54) is 11.8 Å². The summed E-state index contributed by atoms with van der Waals surface area (Å²) in [5.41, 5.74) is 7.84. The molecule has 1 fully saturated rings. The van der Waals surface area contributed by atoms with Gasteiger partial charge in [-0.2, -0.15) is 0 Å². The average molecular weight is 934 g/mol. The zero-order chi connectivity index (χ0) is 48.7. The highest BCUT2D eigenvalue weighted by Crippen LogP contribution is 2.32. The summed E-state index contributed by atoms with van der Waals surface area (Å²) in [5, 5.41) is 20.8. The van der Waals surface area contributed by atoms with E-state index in [-0.39, 0.29) is 66.3 Å². The van der Waals surface area contributed by atoms with Gasteiger partial charge in [0.05, 0.1) is 6.04 Å². The van der Waals surface area contributed by atoms with Crippen LogP contribution in [0.2, 0.25) is 0 Å². The molecule has 0 bridgehead atoms. The van der Waals surface area contributed by atoms with Gasteiger partial charge in [-0.05, 0) is 99.0 Å². The van der Waals surface area contributed by atoms with Crippen LogP contribution in [0.1, 0.15) is 127 Å². The van der Waals surface area contributed by atoms with Crippen LogP contribution in [0.15, 0.2) is 53.9 Å². The Morgan fingerprint density at radius 2 is 1.64 bits per heavy atom. The molecule has 1 aliphatic rings. The van der Waals surface area contributed by atoms with Crippen LogP contribution in [0.4, 0.5) is 11.4 Å². The lowest BCUT2D eigenvalue weighted by Crippen LogP contribution is -2.59. The Morgan fingerprint density at radius 3 is 2.24 bits per heavy atom. The standard InChI is InChI=1S/C49H71N7O9S/c1-10-31(6)44(54-47(62)40-13-11-12-22-55(40)9)49(63)56(28-64-43(59)23-29(2)3)41(30(4)5)26-42(65-33(8)57)48-53-39(27-66-48)46(61)52-37(25-34-14-20-38(58)21-15-34)24-32(7)45(60)51-36-18-16-35(50)17-19-36/h14-21,27,29-32,37,40-42,44,58H,10-13,22-26,28,50H2,1-9H3,(H,51,60)(H,52,61)(H,54,62). The number of likely N-dealkylation sites (tertiary alicyclic amines) is 1. The summed E-state index contributed by atoms with van der Waals surface area (Å²) in [6.07, 6.45) is 2.91. The molecule has 0 radical (unpaired) electrons. The first-order valence-electron chi connectivity index (χ1n) is 23.1. The fourth-order valence-electron chi connectivity index (χ4n) is 8.03. The normalized spacial score (nSPS) is 16.9. The van der Waals surface area contributed by atoms with Gasteiger partial charge in [0.25, 0.3) is 5.91 Å². The Hall–Kier alpha value is -5.55. The summed E-state index contributed by atoms with van der Waals surface area (Å²) >= 11 is 1.12. The molecule has 7 atom stereocenters. The first kappa shape index (κ1) is 53.1. The van der Waals surface area contributed by atoms with Crippen molar-refractivity contribution in [3.63, 3.8) is 0 Å². The summed E-state index contributed by atoms with van der Waals surface area (Å²) < 4.78 is 11.7. The van der Waals surface area contributed by atoms with Gasteiger partial charge < -0.3 is 41.2 Å². The van der Waals surface area contributed by atoms with Crippen LogP contribution in [-0.2, 0) is 39.9 Å². The van der Waals surface area contributed by atoms with E-state index in [4.69, 9.17) is 15.2 Å². The molecule has 2 aromatic carbocycles. The minimum atomic E-state index is -1.01. The number of thiazole rings is 1. The number of aromatic nitrogens is 1. The molecule has 2 heterocycles. The predicted octanol–water partition coefficient (Wildman–Crippen LogP) is 6.85. The maximum Gasteiger partial charge on any atom is 0.307 e. The van der Waals surface area contributed by atoms with E-state index in [9.17, 15) is 33.9 Å². The second-order valence-electron chi connectivity index (χ2n) is 18.4. The van der Waals surface area contributed by atoms with Gasteiger partial charge in [0, 0.05) is 54.5 Å². The molecule has 6 N–H and O–H groups in total. The number of phenols is 1. The highest BCUT2D eigenvalue weighted by atomic mass is 32.1. The van der Waals surface area contributed by atoms with Gasteiger partial charge in [-0.25, -0.2) is 4.98 Å². The largest absolute Gasteiger partial charge is 0.508 e. The quantitative estimate of drug-likeness (QED) is 0.0375. The number of nitrogens with one attached hydrogen (secondary N) is 3. The average Bonchev–Trinajstić information content (AvgIpc) is 3.76. The van der Waals surface area contributed by atoms with Crippen LogP contribution in [-0.4, -0.2) is 99.9 Å². The minimum Gasteiger partial charge on any atom is -0.508 e. The molecule has 1 aliphatic heterocycles. The van der Waals surface area contributed by atoms with Crippen LogP contribution in [0.3, 0.4) is 0 Å². The lowest BCUT2D eigenvalue weighted by Gasteiger charge is -2.39. The number of anilines is 2. The van der Waals surface area contributed by atoms with Gasteiger partial charge in [-0.1, -0.05) is 73.4 Å². The molecule has 66 heavy (non-hydrogen) atoms. The lowest BCUT2D eigenvalue weighted by molar-refractivity contribution is -0.161. The number of aromatic hydroxyl groups is 1. The van der Waals surface area contributed by atoms with Crippen LogP contribution >= 0.6 is 11.3 Å². The van der Waals surface area contributed by atoms with Crippen molar-refractivity contribution >= 4 is 58.3 Å². The molecule has 1 aromatic heterocycles. The minimum absolute atomic E-state index is 0.0122. The van der Waals surface area contributed by atoms with Crippen molar-refractivity contribution in [1.82, 2.24) is 25.4 Å². The molecule has 4 amide bonds. The molecule has 4 rings (SSSR count). The van der Waals surface area contributed by atoms with E-state index in [2.05, 4.69) is 20.9 Å². The summed E-state index contributed by atoms with van der Waals surface area (Å²) in [4.78, 5) is 89.9. The number of amides is 4. The number of phenolic OH excluding ortho intramolecular Hbond substituents is 1. The van der Waals surface area contributed by atoms with Gasteiger partial charge in [0.1, 0.15) is 22.5 Å². The fraction of sp³-hybridized carbons (Fsp3) is 0.571. The molecular weight excluding hydrogens is 863 g/mol. The Labute approximate surface area is 393 Å². The second-order valence-corrected chi connectivity index (χ2v) is 19.3. The lowest BCUT2D eigenvalue weighted by atomic mass is 9.92.